The molecule has 1 aromatic carbocycles. The molecule has 0 aliphatic carbocycles. The molecule has 2 N–H and O–H groups in total. The Morgan fingerprint density at radius 1 is 1.28 bits per heavy atom. The van der Waals surface area contributed by atoms with Crippen LogP contribution >= 0.6 is 24.8 Å². The number of anilines is 1. The maximum Gasteiger partial charge on any atom is 0.238 e. The quantitative estimate of drug-likeness (QED) is 0.869. The van der Waals surface area contributed by atoms with Crippen LogP contribution in [0.4, 0.5) is 5.69 Å². The number of likely N-dealkylation sites (N-methyl/N-ethyl adjacent to an activating group) is 1. The first-order valence-corrected chi connectivity index (χ1v) is 5.30. The monoisotopic (exact) mass is 293 g/mol. The molecule has 0 heterocycles. The van der Waals surface area contributed by atoms with Crippen molar-refractivity contribution >= 4 is 36.4 Å². The van der Waals surface area contributed by atoms with E-state index in [1.54, 1.807) is 7.05 Å². The average molecular weight is 294 g/mol. The van der Waals surface area contributed by atoms with E-state index in [-0.39, 0.29) is 30.7 Å². The molecule has 0 aliphatic rings. The van der Waals surface area contributed by atoms with Gasteiger partial charge in [0.25, 0.3) is 0 Å². The normalized spacial score (nSPS) is 9.33. The van der Waals surface area contributed by atoms with E-state index in [0.717, 1.165) is 12.2 Å². The first kappa shape index (κ1) is 19.5. The van der Waals surface area contributed by atoms with Crippen molar-refractivity contribution in [2.45, 2.75) is 6.54 Å². The van der Waals surface area contributed by atoms with E-state index in [1.165, 1.54) is 5.56 Å². The SMILES string of the molecule is CNCC(=O)Nc1cccc(CN(C)C)c1.Cl.Cl. The second-order valence-corrected chi connectivity index (χ2v) is 4.02. The predicted molar refractivity (Wildman–Crippen MR) is 80.9 cm³/mol. The zero-order valence-corrected chi connectivity index (χ0v) is 12.5. The summed E-state index contributed by atoms with van der Waals surface area (Å²) in [6.45, 7) is 1.20. The van der Waals surface area contributed by atoms with Gasteiger partial charge in [-0.05, 0) is 38.8 Å². The molecule has 0 bridgehead atoms. The van der Waals surface area contributed by atoms with Crippen molar-refractivity contribution in [1.82, 2.24) is 10.2 Å². The number of nitrogens with one attached hydrogen (secondary N) is 2. The van der Waals surface area contributed by atoms with Crippen LogP contribution in [0.5, 0.6) is 0 Å². The van der Waals surface area contributed by atoms with Crippen molar-refractivity contribution in [3.8, 4) is 0 Å². The summed E-state index contributed by atoms with van der Waals surface area (Å²) in [7, 11) is 5.79. The molecule has 1 rings (SSSR count). The number of hydrogen-bond donors (Lipinski definition) is 2. The molecule has 0 spiro atoms. The number of rotatable bonds is 5. The number of nitrogens with zero attached hydrogens (tertiary/aromatic N) is 1. The van der Waals surface area contributed by atoms with Crippen molar-refractivity contribution in [3.63, 3.8) is 0 Å². The van der Waals surface area contributed by atoms with Crippen molar-refractivity contribution in [3.05, 3.63) is 29.8 Å². The molecule has 104 valence electrons. The molecular formula is C12H21Cl2N3O. The topological polar surface area (TPSA) is 44.4 Å². The lowest BCUT2D eigenvalue weighted by Gasteiger charge is -2.11. The van der Waals surface area contributed by atoms with Crippen LogP contribution in [0.25, 0.3) is 0 Å². The molecule has 0 saturated heterocycles. The zero-order chi connectivity index (χ0) is 12.0. The molecule has 0 radical (unpaired) electrons. The first-order chi connectivity index (χ1) is 7.61. The molecule has 18 heavy (non-hydrogen) atoms. The number of benzene rings is 1. The minimum Gasteiger partial charge on any atom is -0.325 e. The fourth-order valence-corrected chi connectivity index (χ4v) is 1.48. The van der Waals surface area contributed by atoms with Crippen molar-refractivity contribution in [2.24, 2.45) is 0 Å². The summed E-state index contributed by atoms with van der Waals surface area (Å²) < 4.78 is 0. The van der Waals surface area contributed by atoms with Crippen LogP contribution in [-0.4, -0.2) is 38.5 Å². The Bertz CT molecular complexity index is 359. The molecule has 0 aliphatic heterocycles. The van der Waals surface area contributed by atoms with Crippen LogP contribution in [0, 0.1) is 0 Å². The van der Waals surface area contributed by atoms with E-state index in [0.29, 0.717) is 6.54 Å². The molecule has 0 atom stereocenters. The van der Waals surface area contributed by atoms with E-state index in [1.807, 2.05) is 38.4 Å². The molecule has 1 amide bonds. The minimum atomic E-state index is -0.0236. The van der Waals surface area contributed by atoms with Crippen LogP contribution < -0.4 is 10.6 Å². The Balaban J connectivity index is 0. The summed E-state index contributed by atoms with van der Waals surface area (Å²) >= 11 is 0. The summed E-state index contributed by atoms with van der Waals surface area (Å²) in [5.41, 5.74) is 2.03. The fourth-order valence-electron chi connectivity index (χ4n) is 1.48. The van der Waals surface area contributed by atoms with Gasteiger partial charge < -0.3 is 15.5 Å². The Labute approximate surface area is 121 Å². The average Bonchev–Trinajstić information content (AvgIpc) is 2.17. The fraction of sp³-hybridized carbons (Fsp3) is 0.417. The highest BCUT2D eigenvalue weighted by molar-refractivity contribution is 5.92. The van der Waals surface area contributed by atoms with Gasteiger partial charge >= 0.3 is 0 Å². The lowest BCUT2D eigenvalue weighted by molar-refractivity contribution is -0.115. The van der Waals surface area contributed by atoms with Gasteiger partial charge in [0.1, 0.15) is 0 Å². The van der Waals surface area contributed by atoms with Gasteiger partial charge in [-0.3, -0.25) is 4.79 Å². The van der Waals surface area contributed by atoms with Crippen LogP contribution in [0.3, 0.4) is 0 Å². The highest BCUT2D eigenvalue weighted by Gasteiger charge is 2.01. The zero-order valence-electron chi connectivity index (χ0n) is 10.9. The molecule has 1 aromatic rings. The summed E-state index contributed by atoms with van der Waals surface area (Å²) in [5, 5.41) is 5.65. The Hall–Kier alpha value is -0.810. The van der Waals surface area contributed by atoms with Crippen molar-refractivity contribution in [1.29, 1.82) is 0 Å². The summed E-state index contributed by atoms with van der Waals surface area (Å²) in [6.07, 6.45) is 0. The first-order valence-electron chi connectivity index (χ1n) is 5.30. The largest absolute Gasteiger partial charge is 0.325 e. The number of hydrogen-bond acceptors (Lipinski definition) is 3. The molecular weight excluding hydrogens is 273 g/mol. The van der Waals surface area contributed by atoms with E-state index < -0.39 is 0 Å². The summed E-state index contributed by atoms with van der Waals surface area (Å²) in [4.78, 5) is 13.5. The van der Waals surface area contributed by atoms with Gasteiger partial charge in [-0.25, -0.2) is 0 Å². The highest BCUT2D eigenvalue weighted by Crippen LogP contribution is 2.11. The van der Waals surface area contributed by atoms with E-state index in [2.05, 4.69) is 15.5 Å². The van der Waals surface area contributed by atoms with Gasteiger partial charge in [-0.1, -0.05) is 12.1 Å². The number of amides is 1. The second kappa shape index (κ2) is 10.1. The van der Waals surface area contributed by atoms with Crippen LogP contribution in [0.15, 0.2) is 24.3 Å². The Morgan fingerprint density at radius 2 is 1.94 bits per heavy atom. The molecule has 0 fully saturated rings. The van der Waals surface area contributed by atoms with Crippen LogP contribution in [0.2, 0.25) is 0 Å². The number of carbonyl (C=O) groups excluding carboxylic acids is 1. The second-order valence-electron chi connectivity index (χ2n) is 4.02. The number of halogens is 2. The van der Waals surface area contributed by atoms with Crippen molar-refractivity contribution < 1.29 is 4.79 Å². The summed E-state index contributed by atoms with van der Waals surface area (Å²) in [5.74, 6) is -0.0236. The lowest BCUT2D eigenvalue weighted by atomic mass is 10.2. The third kappa shape index (κ3) is 7.50. The third-order valence-corrected chi connectivity index (χ3v) is 2.05. The van der Waals surface area contributed by atoms with Gasteiger partial charge in [0, 0.05) is 12.2 Å². The van der Waals surface area contributed by atoms with Crippen LogP contribution in [-0.2, 0) is 11.3 Å². The smallest absolute Gasteiger partial charge is 0.238 e. The minimum absolute atomic E-state index is 0. The molecule has 0 aromatic heterocycles. The van der Waals surface area contributed by atoms with Gasteiger partial charge in [0.2, 0.25) is 5.91 Å². The van der Waals surface area contributed by atoms with E-state index in [9.17, 15) is 4.79 Å². The summed E-state index contributed by atoms with van der Waals surface area (Å²) in [6, 6.07) is 7.89. The number of carbonyl (C=O) groups is 1. The van der Waals surface area contributed by atoms with Gasteiger partial charge in [-0.15, -0.1) is 24.8 Å². The van der Waals surface area contributed by atoms with Crippen LogP contribution in [0.1, 0.15) is 5.56 Å². The molecule has 4 nitrogen and oxygen atoms in total. The Morgan fingerprint density at radius 3 is 2.50 bits per heavy atom. The molecule has 0 unspecified atom stereocenters. The molecule has 6 heteroatoms. The molecule has 0 saturated carbocycles. The maximum absolute atomic E-state index is 11.4. The standard InChI is InChI=1S/C12H19N3O.2ClH/c1-13-8-12(16)14-11-6-4-5-10(7-11)9-15(2)3;;/h4-7,13H,8-9H2,1-3H3,(H,14,16);2*1H. The highest BCUT2D eigenvalue weighted by atomic mass is 35.5. The van der Waals surface area contributed by atoms with E-state index in [4.69, 9.17) is 0 Å². The Kier molecular flexibility index (Phi) is 11.0. The predicted octanol–water partition coefficient (Wildman–Crippen LogP) is 1.75. The van der Waals surface area contributed by atoms with Gasteiger partial charge in [-0.2, -0.15) is 0 Å². The lowest BCUT2D eigenvalue weighted by Crippen LogP contribution is -2.25. The van der Waals surface area contributed by atoms with Gasteiger partial charge in [0.15, 0.2) is 0 Å². The van der Waals surface area contributed by atoms with E-state index >= 15 is 0 Å². The van der Waals surface area contributed by atoms with Crippen molar-refractivity contribution in [2.75, 3.05) is 33.0 Å². The third-order valence-electron chi connectivity index (χ3n) is 2.05. The van der Waals surface area contributed by atoms with Gasteiger partial charge in [0.05, 0.1) is 6.54 Å². The maximum atomic E-state index is 11.4.